The first kappa shape index (κ1) is 10.7. The monoisotopic (exact) mass is 312 g/mol. The maximum Gasteiger partial charge on any atom is 0.0916 e. The van der Waals surface area contributed by atoms with Crippen LogP contribution in [0.4, 0.5) is 0 Å². The average molecular weight is 314 g/mol. The smallest absolute Gasteiger partial charge is 0.0916 e. The molecule has 4 heteroatoms. The molecule has 0 aromatic carbocycles. The Morgan fingerprint density at radius 1 is 1.42 bits per heavy atom. The highest BCUT2D eigenvalue weighted by Crippen LogP contribution is 2.38. The van der Waals surface area contributed by atoms with Crippen molar-refractivity contribution in [1.82, 2.24) is 0 Å². The minimum atomic E-state index is -0.365. The van der Waals surface area contributed by atoms with Crippen LogP contribution in [0.15, 0.2) is 14.3 Å². The molecule has 0 fully saturated rings. The fraction of sp³-hybridized carbons (Fsp3) is 0.500. The molecule has 68 valence electrons. The molecule has 0 aliphatic heterocycles. The van der Waals surface area contributed by atoms with Crippen molar-refractivity contribution in [3.8, 4) is 0 Å². The fourth-order valence-electron chi connectivity index (χ4n) is 0.839. The largest absolute Gasteiger partial charge is 0.387 e. The predicted octanol–water partition coefficient (Wildman–Crippen LogP) is 3.96. The Labute approximate surface area is 93.1 Å². The van der Waals surface area contributed by atoms with E-state index >= 15 is 0 Å². The molecule has 1 aromatic rings. The van der Waals surface area contributed by atoms with Gasteiger partial charge in [-0.3, -0.25) is 0 Å². The SMILES string of the molecule is CC(C)[C@@H](O)c1scc(Br)c1Br. The van der Waals surface area contributed by atoms with Gasteiger partial charge in [-0.05, 0) is 37.8 Å². The zero-order valence-corrected chi connectivity index (χ0v) is 10.8. The molecular weight excluding hydrogens is 304 g/mol. The Balaban J connectivity index is 2.95. The van der Waals surface area contributed by atoms with E-state index in [0.29, 0.717) is 0 Å². The lowest BCUT2D eigenvalue weighted by molar-refractivity contribution is 0.130. The predicted molar refractivity (Wildman–Crippen MR) is 59.5 cm³/mol. The van der Waals surface area contributed by atoms with E-state index in [-0.39, 0.29) is 12.0 Å². The minimum Gasteiger partial charge on any atom is -0.387 e. The van der Waals surface area contributed by atoms with Gasteiger partial charge < -0.3 is 5.11 Å². The van der Waals surface area contributed by atoms with Gasteiger partial charge in [-0.15, -0.1) is 11.3 Å². The third-order valence-corrected chi connectivity index (χ3v) is 5.25. The first-order valence-electron chi connectivity index (χ1n) is 3.64. The molecule has 0 radical (unpaired) electrons. The zero-order chi connectivity index (χ0) is 9.30. The second kappa shape index (κ2) is 4.22. The lowest BCUT2D eigenvalue weighted by Crippen LogP contribution is -2.03. The van der Waals surface area contributed by atoms with E-state index in [1.165, 1.54) is 0 Å². The molecule has 0 amide bonds. The number of halogens is 2. The fourth-order valence-corrected chi connectivity index (χ4v) is 3.22. The first-order chi connectivity index (χ1) is 5.54. The summed E-state index contributed by atoms with van der Waals surface area (Å²) in [6.45, 7) is 4.01. The molecule has 12 heavy (non-hydrogen) atoms. The molecule has 0 aliphatic rings. The van der Waals surface area contributed by atoms with Gasteiger partial charge >= 0.3 is 0 Å². The number of thiophene rings is 1. The lowest BCUT2D eigenvalue weighted by atomic mass is 10.1. The van der Waals surface area contributed by atoms with Crippen molar-refractivity contribution in [2.45, 2.75) is 20.0 Å². The molecule has 1 aromatic heterocycles. The quantitative estimate of drug-likeness (QED) is 0.876. The molecule has 0 bridgehead atoms. The van der Waals surface area contributed by atoms with Gasteiger partial charge in [0, 0.05) is 19.2 Å². The maximum absolute atomic E-state index is 9.75. The van der Waals surface area contributed by atoms with Gasteiger partial charge in [-0.1, -0.05) is 13.8 Å². The summed E-state index contributed by atoms with van der Waals surface area (Å²) in [6.07, 6.45) is -0.365. The summed E-state index contributed by atoms with van der Waals surface area (Å²) >= 11 is 8.38. The van der Waals surface area contributed by atoms with Crippen LogP contribution >= 0.6 is 43.2 Å². The first-order valence-corrected chi connectivity index (χ1v) is 6.11. The Kier molecular flexibility index (Phi) is 3.76. The molecule has 1 heterocycles. The number of hydrogen-bond acceptors (Lipinski definition) is 2. The summed E-state index contributed by atoms with van der Waals surface area (Å²) in [6, 6.07) is 0. The Hall–Kier alpha value is 0.620. The minimum absolute atomic E-state index is 0.256. The summed E-state index contributed by atoms with van der Waals surface area (Å²) in [5.41, 5.74) is 0. The topological polar surface area (TPSA) is 20.2 Å². The zero-order valence-electron chi connectivity index (χ0n) is 6.84. The normalized spacial score (nSPS) is 13.8. The van der Waals surface area contributed by atoms with Gasteiger partial charge in [0.15, 0.2) is 0 Å². The van der Waals surface area contributed by atoms with Crippen LogP contribution in [0.3, 0.4) is 0 Å². The molecular formula is C8H10Br2OS. The highest BCUT2D eigenvalue weighted by molar-refractivity contribution is 9.13. The van der Waals surface area contributed by atoms with Crippen LogP contribution in [0.25, 0.3) is 0 Å². The van der Waals surface area contributed by atoms with Crippen LogP contribution < -0.4 is 0 Å². The molecule has 1 nitrogen and oxygen atoms in total. The molecule has 0 saturated carbocycles. The Bertz CT molecular complexity index is 270. The third kappa shape index (κ3) is 2.10. The maximum atomic E-state index is 9.75. The highest BCUT2D eigenvalue weighted by Gasteiger charge is 2.18. The number of rotatable bonds is 2. The summed E-state index contributed by atoms with van der Waals surface area (Å²) in [5, 5.41) is 11.7. The average Bonchev–Trinajstić information content (AvgIpc) is 2.32. The molecule has 1 atom stereocenters. The molecule has 1 N–H and O–H groups in total. The van der Waals surface area contributed by atoms with Gasteiger partial charge in [0.2, 0.25) is 0 Å². The van der Waals surface area contributed by atoms with E-state index < -0.39 is 0 Å². The van der Waals surface area contributed by atoms with Gasteiger partial charge in [0.25, 0.3) is 0 Å². The van der Waals surface area contributed by atoms with Crippen molar-refractivity contribution >= 4 is 43.2 Å². The van der Waals surface area contributed by atoms with Crippen LogP contribution in [0.1, 0.15) is 24.8 Å². The van der Waals surface area contributed by atoms with Gasteiger partial charge in [0.1, 0.15) is 0 Å². The van der Waals surface area contributed by atoms with Crippen LogP contribution in [0.2, 0.25) is 0 Å². The molecule has 0 aliphatic carbocycles. The molecule has 0 unspecified atom stereocenters. The van der Waals surface area contributed by atoms with E-state index in [4.69, 9.17) is 0 Å². The lowest BCUT2D eigenvalue weighted by Gasteiger charge is -2.12. The summed E-state index contributed by atoms with van der Waals surface area (Å²) in [5.74, 6) is 0.256. The van der Waals surface area contributed by atoms with Crippen molar-refractivity contribution in [2.75, 3.05) is 0 Å². The van der Waals surface area contributed by atoms with Crippen molar-refractivity contribution in [3.63, 3.8) is 0 Å². The van der Waals surface area contributed by atoms with Crippen molar-refractivity contribution in [2.24, 2.45) is 5.92 Å². The summed E-state index contributed by atoms with van der Waals surface area (Å²) in [4.78, 5) is 0.997. The van der Waals surface area contributed by atoms with Crippen LogP contribution in [0, 0.1) is 5.92 Å². The van der Waals surface area contributed by atoms with Crippen molar-refractivity contribution < 1.29 is 5.11 Å². The summed E-state index contributed by atoms with van der Waals surface area (Å²) < 4.78 is 2.00. The van der Waals surface area contributed by atoms with Crippen molar-refractivity contribution in [1.29, 1.82) is 0 Å². The number of aliphatic hydroxyl groups excluding tert-OH is 1. The van der Waals surface area contributed by atoms with Crippen molar-refractivity contribution in [3.05, 3.63) is 19.2 Å². The van der Waals surface area contributed by atoms with Crippen LogP contribution in [-0.4, -0.2) is 5.11 Å². The Morgan fingerprint density at radius 3 is 2.33 bits per heavy atom. The second-order valence-corrected chi connectivity index (χ2v) is 5.51. The van der Waals surface area contributed by atoms with Crippen LogP contribution in [0.5, 0.6) is 0 Å². The second-order valence-electron chi connectivity index (χ2n) is 2.95. The van der Waals surface area contributed by atoms with Gasteiger partial charge in [0.05, 0.1) is 6.10 Å². The number of aliphatic hydroxyl groups is 1. The highest BCUT2D eigenvalue weighted by atomic mass is 79.9. The van der Waals surface area contributed by atoms with E-state index in [1.807, 2.05) is 19.2 Å². The molecule has 0 spiro atoms. The Morgan fingerprint density at radius 2 is 2.00 bits per heavy atom. The molecule has 1 rings (SSSR count). The number of hydrogen-bond donors (Lipinski definition) is 1. The van der Waals surface area contributed by atoms with E-state index in [2.05, 4.69) is 31.9 Å². The van der Waals surface area contributed by atoms with E-state index in [1.54, 1.807) is 11.3 Å². The van der Waals surface area contributed by atoms with Gasteiger partial charge in [-0.25, -0.2) is 0 Å². The third-order valence-electron chi connectivity index (χ3n) is 1.62. The van der Waals surface area contributed by atoms with Crippen LogP contribution in [-0.2, 0) is 0 Å². The standard InChI is InChI=1S/C8H10Br2OS/c1-4(2)7(11)8-6(10)5(9)3-12-8/h3-4,7,11H,1-2H3/t7-/m1/s1. The van der Waals surface area contributed by atoms with E-state index in [9.17, 15) is 5.11 Å². The summed E-state index contributed by atoms with van der Waals surface area (Å²) in [7, 11) is 0. The van der Waals surface area contributed by atoms with E-state index in [0.717, 1.165) is 13.8 Å². The molecule has 0 saturated heterocycles. The van der Waals surface area contributed by atoms with Gasteiger partial charge in [-0.2, -0.15) is 0 Å².